The molecule has 0 atom stereocenters. The Labute approximate surface area is 117 Å². The second kappa shape index (κ2) is 6.48. The van der Waals surface area contributed by atoms with Crippen LogP contribution in [0.4, 0.5) is 0 Å². The van der Waals surface area contributed by atoms with Crippen LogP contribution in [0.25, 0.3) is 6.08 Å². The summed E-state index contributed by atoms with van der Waals surface area (Å²) in [4.78, 5) is 22.7. The van der Waals surface area contributed by atoms with Crippen molar-refractivity contribution in [1.82, 2.24) is 0 Å². The fourth-order valence-electron chi connectivity index (χ4n) is 1.80. The summed E-state index contributed by atoms with van der Waals surface area (Å²) in [5.74, 6) is 0.431. The normalized spacial score (nSPS) is 10.4. The number of carbonyl (C=O) groups excluding carboxylic acids is 2. The summed E-state index contributed by atoms with van der Waals surface area (Å²) in [5.41, 5.74) is 1.99. The van der Waals surface area contributed by atoms with Crippen LogP contribution in [0.5, 0.6) is 5.75 Å². The van der Waals surface area contributed by atoms with Gasteiger partial charge in [-0.1, -0.05) is 42.5 Å². The van der Waals surface area contributed by atoms with Gasteiger partial charge in [0.2, 0.25) is 0 Å². The predicted octanol–water partition coefficient (Wildman–Crippen LogP) is 3.40. The van der Waals surface area contributed by atoms with Crippen molar-refractivity contribution < 1.29 is 14.3 Å². The molecule has 0 fully saturated rings. The zero-order chi connectivity index (χ0) is 14.4. The van der Waals surface area contributed by atoms with Crippen molar-refractivity contribution in [2.45, 2.75) is 0 Å². The summed E-state index contributed by atoms with van der Waals surface area (Å²) in [5, 5.41) is 0. The van der Waals surface area contributed by atoms with Crippen LogP contribution in [0, 0.1) is 0 Å². The Morgan fingerprint density at radius 3 is 2.30 bits per heavy atom. The molecule has 3 nitrogen and oxygen atoms in total. The van der Waals surface area contributed by atoms with Crippen LogP contribution < -0.4 is 4.74 Å². The van der Waals surface area contributed by atoms with Gasteiger partial charge in [0.15, 0.2) is 5.78 Å². The predicted molar refractivity (Wildman–Crippen MR) is 78.2 cm³/mol. The van der Waals surface area contributed by atoms with Crippen LogP contribution in [-0.4, -0.2) is 19.2 Å². The molecule has 0 radical (unpaired) electrons. The first-order valence-corrected chi connectivity index (χ1v) is 6.15. The van der Waals surface area contributed by atoms with E-state index < -0.39 is 0 Å². The lowest BCUT2D eigenvalue weighted by atomic mass is 10.1. The van der Waals surface area contributed by atoms with Crippen LogP contribution in [0.2, 0.25) is 0 Å². The van der Waals surface area contributed by atoms with Gasteiger partial charge in [-0.3, -0.25) is 9.59 Å². The van der Waals surface area contributed by atoms with E-state index in [9.17, 15) is 9.59 Å². The number of ketones is 1. The first-order chi connectivity index (χ1) is 9.74. The monoisotopic (exact) mass is 266 g/mol. The lowest BCUT2D eigenvalue weighted by Crippen LogP contribution is -1.98. The van der Waals surface area contributed by atoms with Crippen molar-refractivity contribution in [3.05, 3.63) is 71.3 Å². The van der Waals surface area contributed by atoms with Crippen molar-refractivity contribution in [2.24, 2.45) is 0 Å². The first-order valence-electron chi connectivity index (χ1n) is 6.15. The minimum Gasteiger partial charge on any atom is -0.496 e. The number of hydrogen-bond acceptors (Lipinski definition) is 3. The van der Waals surface area contributed by atoms with Gasteiger partial charge in [0.25, 0.3) is 0 Å². The summed E-state index contributed by atoms with van der Waals surface area (Å²) in [7, 11) is 1.54. The Kier molecular flexibility index (Phi) is 4.45. The van der Waals surface area contributed by atoms with E-state index in [0.29, 0.717) is 16.9 Å². The fraction of sp³-hybridized carbons (Fsp3) is 0.0588. The Hall–Kier alpha value is -2.68. The lowest BCUT2D eigenvalue weighted by molar-refractivity contribution is 0.104. The Morgan fingerprint density at radius 1 is 1.00 bits per heavy atom. The number of para-hydroxylation sites is 1. The molecule has 100 valence electrons. The van der Waals surface area contributed by atoms with Gasteiger partial charge in [-0.2, -0.15) is 0 Å². The van der Waals surface area contributed by atoms with Crippen LogP contribution in [0.3, 0.4) is 0 Å². The molecular formula is C17H14O3. The molecule has 0 aliphatic heterocycles. The molecule has 0 aliphatic rings. The maximum absolute atomic E-state index is 12.1. The highest BCUT2D eigenvalue weighted by atomic mass is 16.5. The third-order valence-electron chi connectivity index (χ3n) is 2.87. The van der Waals surface area contributed by atoms with Crippen LogP contribution >= 0.6 is 0 Å². The summed E-state index contributed by atoms with van der Waals surface area (Å²) in [6.45, 7) is 0. The molecule has 0 aliphatic carbocycles. The molecule has 2 aromatic carbocycles. The van der Waals surface area contributed by atoms with Crippen LogP contribution in [-0.2, 0) is 0 Å². The van der Waals surface area contributed by atoms with Crippen molar-refractivity contribution in [3.63, 3.8) is 0 Å². The van der Waals surface area contributed by atoms with Crippen molar-refractivity contribution >= 4 is 18.1 Å². The average molecular weight is 266 g/mol. The number of benzene rings is 2. The minimum atomic E-state index is -0.123. The van der Waals surface area contributed by atoms with E-state index in [2.05, 4.69) is 0 Å². The molecule has 0 saturated heterocycles. The van der Waals surface area contributed by atoms with E-state index in [-0.39, 0.29) is 5.78 Å². The quantitative estimate of drug-likeness (QED) is 0.473. The van der Waals surface area contributed by atoms with Crippen LogP contribution in [0.15, 0.2) is 54.6 Å². The van der Waals surface area contributed by atoms with E-state index in [1.807, 2.05) is 6.07 Å². The van der Waals surface area contributed by atoms with E-state index in [4.69, 9.17) is 4.74 Å². The highest BCUT2D eigenvalue weighted by molar-refractivity contribution is 6.08. The summed E-state index contributed by atoms with van der Waals surface area (Å²) < 4.78 is 5.16. The largest absolute Gasteiger partial charge is 0.496 e. The Balaban J connectivity index is 2.17. The van der Waals surface area contributed by atoms with E-state index in [1.165, 1.54) is 13.2 Å². The number of methoxy groups -OCH3 is 1. The molecule has 0 unspecified atom stereocenters. The molecule has 3 heteroatoms. The topological polar surface area (TPSA) is 43.4 Å². The number of aldehydes is 1. The van der Waals surface area contributed by atoms with Gasteiger partial charge >= 0.3 is 0 Å². The maximum atomic E-state index is 12.1. The molecule has 0 spiro atoms. The standard InChI is InChI=1S/C17H14O3/c1-20-17-5-3-2-4-15(17)16(19)11-10-13-6-8-14(12-18)9-7-13/h2-12H,1H3/b11-10+. The zero-order valence-electron chi connectivity index (χ0n) is 11.1. The highest BCUT2D eigenvalue weighted by Crippen LogP contribution is 2.18. The lowest BCUT2D eigenvalue weighted by Gasteiger charge is -2.04. The number of ether oxygens (including phenoxy) is 1. The second-order valence-corrected chi connectivity index (χ2v) is 4.18. The summed E-state index contributed by atoms with van der Waals surface area (Å²) in [6, 6.07) is 14.1. The SMILES string of the molecule is COc1ccccc1C(=O)/C=C/c1ccc(C=O)cc1. The molecule has 2 rings (SSSR count). The van der Waals surface area contributed by atoms with Gasteiger partial charge in [-0.25, -0.2) is 0 Å². The van der Waals surface area contributed by atoms with E-state index in [1.54, 1.807) is 48.5 Å². The number of rotatable bonds is 5. The molecular weight excluding hydrogens is 252 g/mol. The summed E-state index contributed by atoms with van der Waals surface area (Å²) in [6.07, 6.45) is 3.99. The molecule has 0 N–H and O–H groups in total. The molecule has 0 saturated carbocycles. The maximum Gasteiger partial charge on any atom is 0.189 e. The van der Waals surface area contributed by atoms with Crippen LogP contribution in [0.1, 0.15) is 26.3 Å². The average Bonchev–Trinajstić information content (AvgIpc) is 2.53. The van der Waals surface area contributed by atoms with E-state index >= 15 is 0 Å². The fourth-order valence-corrected chi connectivity index (χ4v) is 1.80. The van der Waals surface area contributed by atoms with Crippen molar-refractivity contribution in [2.75, 3.05) is 7.11 Å². The summed E-state index contributed by atoms with van der Waals surface area (Å²) >= 11 is 0. The van der Waals surface area contributed by atoms with Gasteiger partial charge in [-0.05, 0) is 23.8 Å². The molecule has 0 bridgehead atoms. The Bertz CT molecular complexity index is 640. The van der Waals surface area contributed by atoms with Gasteiger partial charge in [0, 0.05) is 5.56 Å². The smallest absolute Gasteiger partial charge is 0.189 e. The second-order valence-electron chi connectivity index (χ2n) is 4.18. The third-order valence-corrected chi connectivity index (χ3v) is 2.87. The number of carbonyl (C=O) groups is 2. The molecule has 20 heavy (non-hydrogen) atoms. The first kappa shape index (κ1) is 13.7. The highest BCUT2D eigenvalue weighted by Gasteiger charge is 2.07. The Morgan fingerprint density at radius 2 is 1.65 bits per heavy atom. The van der Waals surface area contributed by atoms with E-state index in [0.717, 1.165) is 11.8 Å². The van der Waals surface area contributed by atoms with Crippen molar-refractivity contribution in [3.8, 4) is 5.75 Å². The van der Waals surface area contributed by atoms with Gasteiger partial charge in [0.1, 0.15) is 12.0 Å². The minimum absolute atomic E-state index is 0.123. The van der Waals surface area contributed by atoms with Gasteiger partial charge in [-0.15, -0.1) is 0 Å². The number of hydrogen-bond donors (Lipinski definition) is 0. The van der Waals surface area contributed by atoms with Gasteiger partial charge < -0.3 is 4.74 Å². The zero-order valence-corrected chi connectivity index (χ0v) is 11.1. The number of allylic oxidation sites excluding steroid dienone is 1. The molecule has 2 aromatic rings. The molecule has 0 aromatic heterocycles. The van der Waals surface area contributed by atoms with Crippen molar-refractivity contribution in [1.29, 1.82) is 0 Å². The molecule has 0 amide bonds. The molecule has 0 heterocycles. The third kappa shape index (κ3) is 3.20. The van der Waals surface area contributed by atoms with Gasteiger partial charge in [0.05, 0.1) is 12.7 Å².